The number of nitrogens with zero attached hydrogens (tertiary/aromatic N) is 2. The highest BCUT2D eigenvalue weighted by Crippen LogP contribution is 2.29. The standard InChI is InChI=1S/C18H27N3O3/c19-14(6-5-11-21-10-3-1-2-8-17(21)22)12-15-13-23-16-7-4-9-20-18(16)24-15/h4,7,9,14-15H,1-3,5-6,8,10-13,19H2. The summed E-state index contributed by atoms with van der Waals surface area (Å²) in [5.41, 5.74) is 6.25. The van der Waals surface area contributed by atoms with Gasteiger partial charge in [0, 0.05) is 38.2 Å². The highest BCUT2D eigenvalue weighted by atomic mass is 16.6. The molecule has 1 amide bonds. The SMILES string of the molecule is NC(CCCN1CCCCCC1=O)CC1COc2cccnc2O1. The van der Waals surface area contributed by atoms with Gasteiger partial charge in [0.25, 0.3) is 5.88 Å². The maximum atomic E-state index is 12.0. The number of nitrogens with two attached hydrogens (primary N) is 1. The number of rotatable bonds is 6. The molecule has 0 aliphatic carbocycles. The van der Waals surface area contributed by atoms with E-state index in [2.05, 4.69) is 4.98 Å². The van der Waals surface area contributed by atoms with Crippen LogP contribution in [0.5, 0.6) is 11.6 Å². The number of amides is 1. The fourth-order valence-electron chi connectivity index (χ4n) is 3.34. The van der Waals surface area contributed by atoms with Gasteiger partial charge in [0.15, 0.2) is 5.75 Å². The van der Waals surface area contributed by atoms with Gasteiger partial charge in [0.1, 0.15) is 12.7 Å². The van der Waals surface area contributed by atoms with Crippen molar-refractivity contribution >= 4 is 5.91 Å². The van der Waals surface area contributed by atoms with Gasteiger partial charge in [-0.3, -0.25) is 4.79 Å². The van der Waals surface area contributed by atoms with E-state index in [1.807, 2.05) is 17.0 Å². The Balaban J connectivity index is 1.38. The molecular formula is C18H27N3O3. The van der Waals surface area contributed by atoms with Crippen LogP contribution in [0.1, 0.15) is 44.9 Å². The summed E-state index contributed by atoms with van der Waals surface area (Å²) in [5.74, 6) is 1.55. The predicted octanol–water partition coefficient (Wildman–Crippen LogP) is 2.12. The van der Waals surface area contributed by atoms with Gasteiger partial charge < -0.3 is 20.1 Å². The first-order valence-corrected chi connectivity index (χ1v) is 9.00. The van der Waals surface area contributed by atoms with E-state index in [9.17, 15) is 4.79 Å². The van der Waals surface area contributed by atoms with Crippen molar-refractivity contribution in [1.82, 2.24) is 9.88 Å². The molecule has 0 spiro atoms. The molecule has 0 saturated carbocycles. The van der Waals surface area contributed by atoms with Crippen molar-refractivity contribution in [1.29, 1.82) is 0 Å². The quantitative estimate of drug-likeness (QED) is 0.863. The van der Waals surface area contributed by atoms with Crippen molar-refractivity contribution in [2.45, 2.75) is 57.1 Å². The van der Waals surface area contributed by atoms with E-state index in [-0.39, 0.29) is 12.1 Å². The summed E-state index contributed by atoms with van der Waals surface area (Å²) in [4.78, 5) is 18.2. The van der Waals surface area contributed by atoms with Crippen molar-refractivity contribution in [3.63, 3.8) is 0 Å². The van der Waals surface area contributed by atoms with Gasteiger partial charge >= 0.3 is 0 Å². The van der Waals surface area contributed by atoms with E-state index in [0.717, 1.165) is 51.6 Å². The highest BCUT2D eigenvalue weighted by Gasteiger charge is 2.24. The molecule has 0 radical (unpaired) electrons. The van der Waals surface area contributed by atoms with E-state index in [1.54, 1.807) is 6.20 Å². The number of hydrogen-bond donors (Lipinski definition) is 1. The first-order chi connectivity index (χ1) is 11.7. The summed E-state index contributed by atoms with van der Waals surface area (Å²) in [6.45, 7) is 2.23. The maximum Gasteiger partial charge on any atom is 0.257 e. The Bertz CT molecular complexity index is 552. The molecule has 1 aromatic heterocycles. The van der Waals surface area contributed by atoms with Crippen molar-refractivity contribution in [3.8, 4) is 11.6 Å². The van der Waals surface area contributed by atoms with Crippen LogP contribution in [0.4, 0.5) is 0 Å². The predicted molar refractivity (Wildman–Crippen MR) is 91.0 cm³/mol. The zero-order valence-electron chi connectivity index (χ0n) is 14.2. The van der Waals surface area contributed by atoms with Crippen molar-refractivity contribution in [2.24, 2.45) is 5.73 Å². The minimum Gasteiger partial charge on any atom is -0.484 e. The summed E-state index contributed by atoms with van der Waals surface area (Å²) in [5, 5.41) is 0. The molecule has 1 saturated heterocycles. The van der Waals surface area contributed by atoms with E-state index in [1.165, 1.54) is 0 Å². The van der Waals surface area contributed by atoms with Gasteiger partial charge in [0.2, 0.25) is 5.91 Å². The maximum absolute atomic E-state index is 12.0. The lowest BCUT2D eigenvalue weighted by Gasteiger charge is -2.27. The van der Waals surface area contributed by atoms with Crippen LogP contribution in [-0.2, 0) is 4.79 Å². The molecule has 0 bridgehead atoms. The third kappa shape index (κ3) is 4.60. The first-order valence-electron chi connectivity index (χ1n) is 9.00. The number of ether oxygens (including phenoxy) is 2. The zero-order chi connectivity index (χ0) is 16.8. The van der Waals surface area contributed by atoms with Crippen LogP contribution in [0.2, 0.25) is 0 Å². The third-order valence-electron chi connectivity index (χ3n) is 4.68. The molecule has 6 heteroatoms. The molecule has 2 atom stereocenters. The molecule has 3 heterocycles. The molecular weight excluding hydrogens is 306 g/mol. The van der Waals surface area contributed by atoms with Gasteiger partial charge in [0.05, 0.1) is 0 Å². The van der Waals surface area contributed by atoms with Crippen molar-refractivity contribution in [3.05, 3.63) is 18.3 Å². The van der Waals surface area contributed by atoms with Crippen LogP contribution >= 0.6 is 0 Å². The minimum atomic E-state index is -0.0535. The molecule has 2 N–H and O–H groups in total. The fourth-order valence-corrected chi connectivity index (χ4v) is 3.34. The number of aromatic nitrogens is 1. The zero-order valence-corrected chi connectivity index (χ0v) is 14.2. The van der Waals surface area contributed by atoms with Crippen LogP contribution in [0.3, 0.4) is 0 Å². The molecule has 6 nitrogen and oxygen atoms in total. The Morgan fingerprint density at radius 1 is 1.38 bits per heavy atom. The van der Waals surface area contributed by atoms with Crippen LogP contribution in [0.25, 0.3) is 0 Å². The summed E-state index contributed by atoms with van der Waals surface area (Å²) >= 11 is 0. The lowest BCUT2D eigenvalue weighted by molar-refractivity contribution is -0.130. The largest absolute Gasteiger partial charge is 0.484 e. The highest BCUT2D eigenvalue weighted by molar-refractivity contribution is 5.76. The average molecular weight is 333 g/mol. The Morgan fingerprint density at radius 2 is 2.29 bits per heavy atom. The number of fused-ring (bicyclic) bond motifs is 1. The number of pyridine rings is 1. The van der Waals surface area contributed by atoms with Gasteiger partial charge in [-0.2, -0.15) is 0 Å². The Kier molecular flexibility index (Phi) is 5.91. The molecule has 2 unspecified atom stereocenters. The Labute approximate surface area is 143 Å². The first kappa shape index (κ1) is 17.0. The fraction of sp³-hybridized carbons (Fsp3) is 0.667. The van der Waals surface area contributed by atoms with Gasteiger partial charge in [-0.15, -0.1) is 0 Å². The second-order valence-electron chi connectivity index (χ2n) is 6.69. The number of carbonyl (C=O) groups excluding carboxylic acids is 1. The van der Waals surface area contributed by atoms with E-state index in [4.69, 9.17) is 15.2 Å². The molecule has 2 aliphatic heterocycles. The van der Waals surface area contributed by atoms with Crippen molar-refractivity contribution in [2.75, 3.05) is 19.7 Å². The summed E-state index contributed by atoms with van der Waals surface area (Å²) < 4.78 is 11.5. The van der Waals surface area contributed by atoms with Crippen LogP contribution < -0.4 is 15.2 Å². The summed E-state index contributed by atoms with van der Waals surface area (Å²) in [7, 11) is 0. The Hall–Kier alpha value is -1.82. The van der Waals surface area contributed by atoms with E-state index in [0.29, 0.717) is 30.6 Å². The smallest absolute Gasteiger partial charge is 0.257 e. The van der Waals surface area contributed by atoms with Crippen molar-refractivity contribution < 1.29 is 14.3 Å². The normalized spacial score (nSPS) is 22.1. The van der Waals surface area contributed by atoms with Gasteiger partial charge in [-0.1, -0.05) is 6.42 Å². The average Bonchev–Trinajstić information content (AvgIpc) is 2.79. The van der Waals surface area contributed by atoms with Crippen LogP contribution in [-0.4, -0.2) is 47.6 Å². The summed E-state index contributed by atoms with van der Waals surface area (Å²) in [6, 6.07) is 3.74. The Morgan fingerprint density at radius 3 is 3.21 bits per heavy atom. The molecule has 1 fully saturated rings. The second kappa shape index (κ2) is 8.33. The monoisotopic (exact) mass is 333 g/mol. The lowest BCUT2D eigenvalue weighted by Crippen LogP contribution is -2.37. The molecule has 24 heavy (non-hydrogen) atoms. The number of hydrogen-bond acceptors (Lipinski definition) is 5. The van der Waals surface area contributed by atoms with Gasteiger partial charge in [-0.05, 0) is 37.8 Å². The third-order valence-corrected chi connectivity index (χ3v) is 4.68. The molecule has 2 aliphatic rings. The van der Waals surface area contributed by atoms with Crippen LogP contribution in [0, 0.1) is 0 Å². The van der Waals surface area contributed by atoms with Crippen LogP contribution in [0.15, 0.2) is 18.3 Å². The number of likely N-dealkylation sites (tertiary alicyclic amines) is 1. The topological polar surface area (TPSA) is 77.7 Å². The second-order valence-corrected chi connectivity index (χ2v) is 6.69. The molecule has 3 rings (SSSR count). The molecule has 1 aromatic rings. The summed E-state index contributed by atoms with van der Waals surface area (Å²) in [6.07, 6.45) is 8.23. The van der Waals surface area contributed by atoms with E-state index < -0.39 is 0 Å². The minimum absolute atomic E-state index is 0.0472. The van der Waals surface area contributed by atoms with E-state index >= 15 is 0 Å². The molecule has 132 valence electrons. The van der Waals surface area contributed by atoms with Gasteiger partial charge in [-0.25, -0.2) is 4.98 Å². The lowest BCUT2D eigenvalue weighted by atomic mass is 10.0. The molecule has 0 aromatic carbocycles. The number of carbonyl (C=O) groups is 1.